The Morgan fingerprint density at radius 2 is 2.33 bits per heavy atom. The van der Waals surface area contributed by atoms with Gasteiger partial charge in [0, 0.05) is 29.3 Å². The lowest BCUT2D eigenvalue weighted by Crippen LogP contribution is -2.09. The molecule has 2 aromatic rings. The summed E-state index contributed by atoms with van der Waals surface area (Å²) in [6.45, 7) is 0.733. The van der Waals surface area contributed by atoms with E-state index in [-0.39, 0.29) is 5.56 Å². The molecule has 2 heterocycles. The topological polar surface area (TPSA) is 55.1 Å². The maximum atomic E-state index is 10.8. The van der Waals surface area contributed by atoms with Gasteiger partial charge < -0.3 is 5.11 Å². The van der Waals surface area contributed by atoms with Crippen molar-refractivity contribution in [2.24, 2.45) is 0 Å². The highest BCUT2D eigenvalue weighted by molar-refractivity contribution is 7.99. The van der Waals surface area contributed by atoms with Crippen molar-refractivity contribution in [1.29, 1.82) is 0 Å². The molecule has 1 aromatic heterocycles. The second-order valence-electron chi connectivity index (χ2n) is 4.30. The molecule has 1 aliphatic heterocycles. The van der Waals surface area contributed by atoms with E-state index in [0.717, 1.165) is 12.3 Å². The fourth-order valence-electron chi connectivity index (χ4n) is 2.18. The van der Waals surface area contributed by atoms with Crippen LogP contribution in [0.3, 0.4) is 0 Å². The molecule has 0 saturated heterocycles. The number of aromatic carboxylic acids is 1. The van der Waals surface area contributed by atoms with Crippen molar-refractivity contribution in [3.63, 3.8) is 0 Å². The van der Waals surface area contributed by atoms with Gasteiger partial charge in [0.2, 0.25) is 0 Å². The van der Waals surface area contributed by atoms with Gasteiger partial charge in [0.25, 0.3) is 0 Å². The monoisotopic (exact) mass is 260 g/mol. The van der Waals surface area contributed by atoms with Gasteiger partial charge in [0.15, 0.2) is 0 Å². The van der Waals surface area contributed by atoms with E-state index in [4.69, 9.17) is 5.11 Å². The zero-order valence-corrected chi connectivity index (χ0v) is 10.4. The maximum Gasteiger partial charge on any atom is 0.338 e. The van der Waals surface area contributed by atoms with Gasteiger partial charge in [-0.1, -0.05) is 18.2 Å². The summed E-state index contributed by atoms with van der Waals surface area (Å²) in [5.74, 6) is 0.511. The van der Waals surface area contributed by atoms with E-state index < -0.39 is 5.97 Å². The Kier molecular flexibility index (Phi) is 2.83. The zero-order chi connectivity index (χ0) is 12.5. The predicted octanol–water partition coefficient (Wildman–Crippen LogP) is 2.47. The first-order valence-electron chi connectivity index (χ1n) is 5.71. The summed E-state index contributed by atoms with van der Waals surface area (Å²) in [5, 5.41) is 13.0. The molecule has 1 unspecified atom stereocenters. The highest BCUT2D eigenvalue weighted by Gasteiger charge is 2.23. The second-order valence-corrected chi connectivity index (χ2v) is 5.36. The van der Waals surface area contributed by atoms with E-state index >= 15 is 0 Å². The third-order valence-corrected chi connectivity index (χ3v) is 4.34. The number of carboxylic acids is 1. The molecular formula is C13H12N2O2S. The van der Waals surface area contributed by atoms with Crippen LogP contribution in [0.2, 0.25) is 0 Å². The number of carbonyl (C=O) groups is 1. The third kappa shape index (κ3) is 2.01. The van der Waals surface area contributed by atoms with Gasteiger partial charge in [-0.05, 0) is 11.6 Å². The lowest BCUT2D eigenvalue weighted by atomic mass is 10.0. The Bertz CT molecular complexity index is 594. The molecule has 3 rings (SSSR count). The predicted molar refractivity (Wildman–Crippen MR) is 69.1 cm³/mol. The van der Waals surface area contributed by atoms with Crippen LogP contribution in [0.25, 0.3) is 0 Å². The number of aromatic nitrogens is 2. The van der Waals surface area contributed by atoms with Crippen molar-refractivity contribution in [3.8, 4) is 0 Å². The summed E-state index contributed by atoms with van der Waals surface area (Å²) in [4.78, 5) is 12.1. The molecule has 1 aromatic carbocycles. The average molecular weight is 260 g/mol. The zero-order valence-electron chi connectivity index (χ0n) is 9.61. The largest absolute Gasteiger partial charge is 0.478 e. The van der Waals surface area contributed by atoms with Crippen LogP contribution in [0, 0.1) is 0 Å². The van der Waals surface area contributed by atoms with Crippen LogP contribution in [0.15, 0.2) is 41.6 Å². The SMILES string of the molecule is O=C(O)c1cnn(CC2CSc3ccccc32)c1. The van der Waals surface area contributed by atoms with Gasteiger partial charge >= 0.3 is 5.97 Å². The summed E-state index contributed by atoms with van der Waals surface area (Å²) < 4.78 is 1.72. The number of rotatable bonds is 3. The fraction of sp³-hybridized carbons (Fsp3) is 0.231. The van der Waals surface area contributed by atoms with Gasteiger partial charge in [0.1, 0.15) is 0 Å². The van der Waals surface area contributed by atoms with E-state index in [1.165, 1.54) is 16.7 Å². The van der Waals surface area contributed by atoms with Crippen LogP contribution in [0.5, 0.6) is 0 Å². The van der Waals surface area contributed by atoms with Gasteiger partial charge in [-0.3, -0.25) is 4.68 Å². The number of fused-ring (bicyclic) bond motifs is 1. The van der Waals surface area contributed by atoms with Crippen molar-refractivity contribution in [1.82, 2.24) is 9.78 Å². The van der Waals surface area contributed by atoms with E-state index in [0.29, 0.717) is 5.92 Å². The van der Waals surface area contributed by atoms with Crippen molar-refractivity contribution in [2.45, 2.75) is 17.4 Å². The van der Waals surface area contributed by atoms with Crippen molar-refractivity contribution >= 4 is 17.7 Å². The Labute approximate surface area is 109 Å². The molecule has 0 bridgehead atoms. The number of thioether (sulfide) groups is 1. The molecule has 5 heteroatoms. The van der Waals surface area contributed by atoms with Gasteiger partial charge in [-0.15, -0.1) is 11.8 Å². The Hall–Kier alpha value is -1.75. The minimum Gasteiger partial charge on any atom is -0.478 e. The number of carboxylic acid groups (broad SMARTS) is 1. The first-order chi connectivity index (χ1) is 8.74. The molecule has 1 aliphatic rings. The lowest BCUT2D eigenvalue weighted by molar-refractivity contribution is 0.0696. The minimum atomic E-state index is -0.928. The maximum absolute atomic E-state index is 10.8. The number of hydrogen-bond donors (Lipinski definition) is 1. The van der Waals surface area contributed by atoms with Crippen molar-refractivity contribution in [2.75, 3.05) is 5.75 Å². The van der Waals surface area contributed by atoms with Gasteiger partial charge in [-0.2, -0.15) is 5.10 Å². The van der Waals surface area contributed by atoms with Gasteiger partial charge in [-0.25, -0.2) is 4.79 Å². The van der Waals surface area contributed by atoms with Gasteiger partial charge in [0.05, 0.1) is 11.8 Å². The third-order valence-electron chi connectivity index (χ3n) is 3.09. The Balaban J connectivity index is 1.80. The summed E-state index contributed by atoms with van der Waals surface area (Å²) in [7, 11) is 0. The molecule has 1 N–H and O–H groups in total. The molecule has 0 fully saturated rings. The van der Waals surface area contributed by atoms with Crippen molar-refractivity contribution < 1.29 is 9.90 Å². The quantitative estimate of drug-likeness (QED) is 0.921. The first-order valence-corrected chi connectivity index (χ1v) is 6.70. The molecule has 0 spiro atoms. The molecular weight excluding hydrogens is 248 g/mol. The summed E-state index contributed by atoms with van der Waals surface area (Å²) in [6, 6.07) is 8.36. The number of hydrogen-bond acceptors (Lipinski definition) is 3. The second kappa shape index (κ2) is 4.49. The molecule has 0 saturated carbocycles. The van der Waals surface area contributed by atoms with E-state index in [9.17, 15) is 4.79 Å². The summed E-state index contributed by atoms with van der Waals surface area (Å²) in [5.41, 5.74) is 1.59. The summed E-state index contributed by atoms with van der Waals surface area (Å²) >= 11 is 1.85. The Morgan fingerprint density at radius 3 is 3.11 bits per heavy atom. The molecule has 0 radical (unpaired) electrons. The minimum absolute atomic E-state index is 0.244. The highest BCUT2D eigenvalue weighted by Crippen LogP contribution is 2.39. The average Bonchev–Trinajstić information content (AvgIpc) is 2.98. The van der Waals surface area contributed by atoms with Crippen LogP contribution in [-0.2, 0) is 6.54 Å². The standard InChI is InChI=1S/C13H12N2O2S/c16-13(17)9-5-14-15(6-9)7-10-8-18-12-4-2-1-3-11(10)12/h1-6,10H,7-8H2,(H,16,17). The first kappa shape index (κ1) is 11.3. The molecule has 0 aliphatic carbocycles. The molecule has 4 nitrogen and oxygen atoms in total. The molecule has 1 atom stereocenters. The number of benzene rings is 1. The normalized spacial score (nSPS) is 17.7. The van der Waals surface area contributed by atoms with Crippen LogP contribution >= 0.6 is 11.8 Å². The molecule has 18 heavy (non-hydrogen) atoms. The summed E-state index contributed by atoms with van der Waals surface area (Å²) in [6.07, 6.45) is 2.99. The molecule has 92 valence electrons. The van der Waals surface area contributed by atoms with Crippen LogP contribution in [0.4, 0.5) is 0 Å². The fourth-order valence-corrected chi connectivity index (χ4v) is 3.42. The van der Waals surface area contributed by atoms with Crippen LogP contribution in [0.1, 0.15) is 21.8 Å². The Morgan fingerprint density at radius 1 is 1.50 bits per heavy atom. The number of nitrogens with zero attached hydrogens (tertiary/aromatic N) is 2. The van der Waals surface area contributed by atoms with E-state index in [1.807, 2.05) is 23.9 Å². The van der Waals surface area contributed by atoms with E-state index in [1.54, 1.807) is 10.9 Å². The van der Waals surface area contributed by atoms with Crippen LogP contribution in [-0.4, -0.2) is 26.6 Å². The molecule has 0 amide bonds. The lowest BCUT2D eigenvalue weighted by Gasteiger charge is -2.10. The highest BCUT2D eigenvalue weighted by atomic mass is 32.2. The van der Waals surface area contributed by atoms with E-state index in [2.05, 4.69) is 17.2 Å². The van der Waals surface area contributed by atoms with Crippen molar-refractivity contribution in [3.05, 3.63) is 47.8 Å². The smallest absolute Gasteiger partial charge is 0.338 e. The van der Waals surface area contributed by atoms with Crippen LogP contribution < -0.4 is 0 Å².